The van der Waals surface area contributed by atoms with Gasteiger partial charge >= 0.3 is 8.60 Å². The van der Waals surface area contributed by atoms with Gasteiger partial charge in [0.2, 0.25) is 0 Å². The summed E-state index contributed by atoms with van der Waals surface area (Å²) in [5.41, 5.74) is 2.18. The Hall–Kier alpha value is -0.590. The first kappa shape index (κ1) is 21.4. The van der Waals surface area contributed by atoms with Crippen molar-refractivity contribution in [2.45, 2.75) is 33.0 Å². The van der Waals surface area contributed by atoms with Gasteiger partial charge < -0.3 is 13.6 Å². The van der Waals surface area contributed by atoms with Crippen LogP contribution in [-0.4, -0.2) is 24.7 Å². The van der Waals surface area contributed by atoms with Crippen molar-refractivity contribution in [3.8, 4) is 0 Å². The molecule has 22 heavy (non-hydrogen) atoms. The van der Waals surface area contributed by atoms with E-state index in [2.05, 4.69) is 15.9 Å². The second-order valence-corrected chi connectivity index (χ2v) is 5.76. The van der Waals surface area contributed by atoms with Gasteiger partial charge in [0.1, 0.15) is 0 Å². The lowest BCUT2D eigenvalue weighted by Gasteiger charge is -2.12. The first-order chi connectivity index (χ1) is 10.5. The summed E-state index contributed by atoms with van der Waals surface area (Å²) in [6.45, 7) is 9.57. The third kappa shape index (κ3) is 8.76. The zero-order chi connectivity index (χ0) is 17.0. The van der Waals surface area contributed by atoms with Crippen molar-refractivity contribution >= 4 is 30.2 Å². The van der Waals surface area contributed by atoms with Gasteiger partial charge in [-0.3, -0.25) is 10.1 Å². The van der Waals surface area contributed by atoms with Gasteiger partial charge in [-0.15, -0.1) is 0 Å². The Morgan fingerprint density at radius 1 is 1.14 bits per heavy atom. The van der Waals surface area contributed by atoms with Gasteiger partial charge in [0.15, 0.2) is 0 Å². The molecule has 0 saturated carbocycles. The number of nitrogens with zero attached hydrogens (tertiary/aromatic N) is 1. The number of aryl methyl sites for hydroxylation is 1. The van der Waals surface area contributed by atoms with Gasteiger partial charge in [0, 0.05) is 17.5 Å². The summed E-state index contributed by atoms with van der Waals surface area (Å²) in [6, 6.07) is 4.86. The average Bonchev–Trinajstić information content (AvgIpc) is 2.48. The Bertz CT molecular complexity index is 433. The largest absolute Gasteiger partial charge is 0.332 e. The fourth-order valence-electron chi connectivity index (χ4n) is 1.37. The third-order valence-electron chi connectivity index (χ3n) is 2.38. The quantitative estimate of drug-likeness (QED) is 0.264. The molecule has 0 N–H and O–H groups in total. The molecule has 0 fully saturated rings. The van der Waals surface area contributed by atoms with Crippen molar-refractivity contribution in [1.29, 1.82) is 0 Å². The molecule has 0 aliphatic heterocycles. The summed E-state index contributed by atoms with van der Waals surface area (Å²) in [4.78, 5) is 9.96. The number of alkyl halides is 1. The van der Waals surface area contributed by atoms with Gasteiger partial charge in [-0.25, -0.2) is 0 Å². The van der Waals surface area contributed by atoms with Gasteiger partial charge in [-0.2, -0.15) is 0 Å². The molecule has 0 aromatic heterocycles. The first-order valence-corrected chi connectivity index (χ1v) is 9.20. The molecule has 6 nitrogen and oxygen atoms in total. The molecular weight excluding hydrogens is 373 g/mol. The van der Waals surface area contributed by atoms with Crippen LogP contribution in [0, 0.1) is 17.0 Å². The van der Waals surface area contributed by atoms with Crippen molar-refractivity contribution in [3.63, 3.8) is 0 Å². The molecule has 0 aliphatic rings. The number of non-ortho nitro benzene ring substituents is 1. The maximum Gasteiger partial charge on any atom is 0.332 e. The van der Waals surface area contributed by atoms with Crippen molar-refractivity contribution in [2.75, 3.05) is 19.8 Å². The van der Waals surface area contributed by atoms with E-state index < -0.39 is 8.60 Å². The van der Waals surface area contributed by atoms with Crippen LogP contribution in [0.2, 0.25) is 0 Å². The molecule has 0 spiro atoms. The molecule has 0 atom stereocenters. The molecule has 0 unspecified atom stereocenters. The first-order valence-electron chi connectivity index (χ1n) is 6.98. The van der Waals surface area contributed by atoms with Gasteiger partial charge in [-0.05, 0) is 38.8 Å². The van der Waals surface area contributed by atoms with Crippen LogP contribution in [0.3, 0.4) is 0 Å². The molecule has 1 rings (SSSR count). The maximum absolute atomic E-state index is 10.3. The zero-order valence-corrected chi connectivity index (χ0v) is 15.9. The van der Waals surface area contributed by atoms with Crippen LogP contribution in [0.15, 0.2) is 18.2 Å². The van der Waals surface area contributed by atoms with Crippen LogP contribution in [0.5, 0.6) is 0 Å². The summed E-state index contributed by atoms with van der Waals surface area (Å²) in [5, 5.41) is 11.1. The van der Waals surface area contributed by atoms with Crippen LogP contribution < -0.4 is 0 Å². The van der Waals surface area contributed by atoms with E-state index in [0.717, 1.165) is 16.5 Å². The average molecular weight is 396 g/mol. The number of nitro benzene ring substituents is 1. The molecule has 0 radical (unpaired) electrons. The summed E-state index contributed by atoms with van der Waals surface area (Å²) in [7, 11) is -1.06. The molecule has 0 saturated heterocycles. The Labute approximate surface area is 141 Å². The number of nitro groups is 1. The van der Waals surface area contributed by atoms with E-state index in [9.17, 15) is 10.1 Å². The Kier molecular flexibility index (Phi) is 12.6. The number of hydrogen-bond donors (Lipinski definition) is 0. The summed E-state index contributed by atoms with van der Waals surface area (Å²) in [6.07, 6.45) is 0. The lowest BCUT2D eigenvalue weighted by Crippen LogP contribution is -1.94. The van der Waals surface area contributed by atoms with Crippen molar-refractivity contribution in [1.82, 2.24) is 0 Å². The highest BCUT2D eigenvalue weighted by Gasteiger charge is 2.08. The second kappa shape index (κ2) is 12.9. The molecule has 1 aromatic carbocycles. The van der Waals surface area contributed by atoms with Crippen molar-refractivity contribution in [2.24, 2.45) is 0 Å². The second-order valence-electron chi connectivity index (χ2n) is 3.98. The van der Waals surface area contributed by atoms with Gasteiger partial charge in [0.25, 0.3) is 5.69 Å². The van der Waals surface area contributed by atoms with Crippen LogP contribution in [0.1, 0.15) is 31.9 Å². The number of hydrogen-bond acceptors (Lipinski definition) is 5. The SMILES string of the molecule is CCOP(OCC)OCC.Cc1cc([N+](=O)[O-])ccc1CBr. The topological polar surface area (TPSA) is 70.8 Å². The minimum Gasteiger partial charge on any atom is -0.313 e. The predicted molar refractivity (Wildman–Crippen MR) is 92.3 cm³/mol. The number of benzene rings is 1. The predicted octanol–water partition coefficient (Wildman–Crippen LogP) is 5.12. The highest BCUT2D eigenvalue weighted by atomic mass is 79.9. The van der Waals surface area contributed by atoms with Gasteiger partial charge in [0.05, 0.1) is 24.7 Å². The molecule has 126 valence electrons. The van der Waals surface area contributed by atoms with Crippen LogP contribution in [-0.2, 0) is 18.9 Å². The minimum atomic E-state index is -1.06. The summed E-state index contributed by atoms with van der Waals surface area (Å²) < 4.78 is 15.4. The molecule has 0 aliphatic carbocycles. The van der Waals surface area contributed by atoms with E-state index >= 15 is 0 Å². The van der Waals surface area contributed by atoms with Crippen LogP contribution in [0.25, 0.3) is 0 Å². The monoisotopic (exact) mass is 395 g/mol. The van der Waals surface area contributed by atoms with Crippen LogP contribution >= 0.6 is 24.5 Å². The summed E-state index contributed by atoms with van der Waals surface area (Å²) in [5.74, 6) is 0. The van der Waals surface area contributed by atoms with E-state index in [1.54, 1.807) is 12.1 Å². The van der Waals surface area contributed by atoms with Crippen molar-refractivity contribution < 1.29 is 18.5 Å². The third-order valence-corrected chi connectivity index (χ3v) is 4.40. The van der Waals surface area contributed by atoms with E-state index in [1.165, 1.54) is 6.07 Å². The lowest BCUT2D eigenvalue weighted by molar-refractivity contribution is -0.384. The molecule has 0 bridgehead atoms. The van der Waals surface area contributed by atoms with Gasteiger partial charge in [-0.1, -0.05) is 22.0 Å². The molecule has 8 heteroatoms. The maximum atomic E-state index is 10.3. The number of halogens is 1. The molecule has 1 aromatic rings. The Balaban J connectivity index is 0.000000409. The van der Waals surface area contributed by atoms with Crippen LogP contribution in [0.4, 0.5) is 5.69 Å². The Morgan fingerprint density at radius 2 is 1.64 bits per heavy atom. The fourth-order valence-corrected chi connectivity index (χ4v) is 2.86. The normalized spacial score (nSPS) is 10.3. The highest BCUT2D eigenvalue weighted by Crippen LogP contribution is 2.38. The zero-order valence-electron chi connectivity index (χ0n) is 13.4. The molecule has 0 amide bonds. The highest BCUT2D eigenvalue weighted by molar-refractivity contribution is 9.08. The van der Waals surface area contributed by atoms with E-state index in [4.69, 9.17) is 13.6 Å². The van der Waals surface area contributed by atoms with E-state index in [-0.39, 0.29) is 10.6 Å². The minimum absolute atomic E-state index is 0.150. The van der Waals surface area contributed by atoms with E-state index in [1.807, 2.05) is 27.7 Å². The van der Waals surface area contributed by atoms with E-state index in [0.29, 0.717) is 19.8 Å². The number of rotatable bonds is 8. The smallest absolute Gasteiger partial charge is 0.313 e. The summed E-state index contributed by atoms with van der Waals surface area (Å²) >= 11 is 3.30. The molecular formula is C14H23BrNO5P. The fraction of sp³-hybridized carbons (Fsp3) is 0.571. The van der Waals surface area contributed by atoms with Crippen molar-refractivity contribution in [3.05, 3.63) is 39.4 Å². The Morgan fingerprint density at radius 3 is 1.95 bits per heavy atom. The molecule has 0 heterocycles. The standard InChI is InChI=1S/C8H8BrNO2.C6H15O3P/c1-6-4-8(10(11)12)3-2-7(6)5-9;1-4-7-10(8-5-2)9-6-3/h2-4H,5H2,1H3;4-6H2,1-3H3. The lowest BCUT2D eigenvalue weighted by atomic mass is 10.1.